The molecule has 0 aliphatic heterocycles. The molecule has 0 radical (unpaired) electrons. The molecule has 0 heterocycles. The highest BCUT2D eigenvalue weighted by atomic mass is 16.5. The smallest absolute Gasteiger partial charge is 0.306 e. The van der Waals surface area contributed by atoms with Crippen molar-refractivity contribution in [2.24, 2.45) is 0 Å². The molecule has 3 atom stereocenters. The van der Waals surface area contributed by atoms with E-state index in [-0.39, 0.29) is 24.9 Å². The third-order valence-corrected chi connectivity index (χ3v) is 11.8. The predicted molar refractivity (Wildman–Crippen MR) is 273 cm³/mol. The minimum atomic E-state index is -0.814. The van der Waals surface area contributed by atoms with Crippen molar-refractivity contribution < 1.29 is 24.5 Å². The van der Waals surface area contributed by atoms with Crippen molar-refractivity contribution in [3.63, 3.8) is 0 Å². The monoisotopic (exact) mass is 880 g/mol. The van der Waals surface area contributed by atoms with Crippen molar-refractivity contribution in [1.29, 1.82) is 0 Å². The van der Waals surface area contributed by atoms with Crippen molar-refractivity contribution >= 4 is 11.9 Å². The Balaban J connectivity index is 4.70. The molecule has 6 heteroatoms. The van der Waals surface area contributed by atoms with Gasteiger partial charge in [0, 0.05) is 12.8 Å². The van der Waals surface area contributed by atoms with E-state index in [0.717, 1.165) is 70.6 Å². The van der Waals surface area contributed by atoms with Gasteiger partial charge in [-0.05, 0) is 70.6 Å². The van der Waals surface area contributed by atoms with E-state index in [2.05, 4.69) is 86.8 Å². The van der Waals surface area contributed by atoms with Gasteiger partial charge >= 0.3 is 5.97 Å². The Hall–Kier alpha value is -2.70. The SMILES string of the molecule is CC/C=C\C/C=C\C/C=C\C/C=C\C/C=C\CC(CC(=O)NC(CO)C(O)CCCCCCCCCCCCCC)OC(=O)CCCCCCCCC/C=C/CCCCCCCC. The van der Waals surface area contributed by atoms with E-state index in [1.807, 2.05) is 12.2 Å². The zero-order chi connectivity index (χ0) is 45.9. The number of esters is 1. The topological polar surface area (TPSA) is 95.9 Å². The Kier molecular flexibility index (Phi) is 48.1. The molecule has 364 valence electrons. The fourth-order valence-electron chi connectivity index (χ4n) is 7.74. The first-order chi connectivity index (χ1) is 31.0. The van der Waals surface area contributed by atoms with E-state index in [0.29, 0.717) is 19.3 Å². The lowest BCUT2D eigenvalue weighted by Crippen LogP contribution is -2.46. The third-order valence-electron chi connectivity index (χ3n) is 11.8. The number of aliphatic hydroxyl groups excluding tert-OH is 2. The molecule has 0 spiro atoms. The maximum absolute atomic E-state index is 13.2. The fourth-order valence-corrected chi connectivity index (χ4v) is 7.74. The molecule has 3 unspecified atom stereocenters. The van der Waals surface area contributed by atoms with Gasteiger partial charge in [0.05, 0.1) is 25.2 Å². The second-order valence-electron chi connectivity index (χ2n) is 17.9. The number of hydrogen-bond donors (Lipinski definition) is 3. The number of carbonyl (C=O) groups is 2. The van der Waals surface area contributed by atoms with Gasteiger partial charge in [-0.25, -0.2) is 0 Å². The molecule has 6 nitrogen and oxygen atoms in total. The summed E-state index contributed by atoms with van der Waals surface area (Å²) in [5.41, 5.74) is 0. The van der Waals surface area contributed by atoms with Crippen LogP contribution in [0, 0.1) is 0 Å². The largest absolute Gasteiger partial charge is 0.461 e. The summed E-state index contributed by atoms with van der Waals surface area (Å²) in [6.45, 7) is 6.34. The van der Waals surface area contributed by atoms with Gasteiger partial charge < -0.3 is 20.3 Å². The van der Waals surface area contributed by atoms with Gasteiger partial charge in [-0.15, -0.1) is 0 Å². The van der Waals surface area contributed by atoms with Crippen molar-refractivity contribution in [3.8, 4) is 0 Å². The first kappa shape index (κ1) is 60.3. The van der Waals surface area contributed by atoms with Crippen LogP contribution in [0.1, 0.15) is 252 Å². The molecule has 0 saturated heterocycles. The van der Waals surface area contributed by atoms with E-state index in [9.17, 15) is 19.8 Å². The standard InChI is InChI=1S/C57H101NO5/c1-4-7-10-13-16-19-22-25-27-28-30-32-35-38-41-44-47-50-57(62)63-53(48-45-42-39-36-33-31-29-26-23-20-17-14-11-8-5-2)51-56(61)58-54(52-59)55(60)49-46-43-40-37-34-24-21-18-15-12-9-6-3/h8,11,17,20,25-27,29,33,36,42,45,53-55,59-60H,4-7,9-10,12-16,18-19,21-24,28,30-32,34-35,37-41,43-44,46-52H2,1-3H3,(H,58,61)/b11-8-,20-17-,27-25+,29-26-,36-33-,45-42-. The van der Waals surface area contributed by atoms with E-state index >= 15 is 0 Å². The minimum Gasteiger partial charge on any atom is -0.461 e. The van der Waals surface area contributed by atoms with Gasteiger partial charge in [0.2, 0.25) is 5.91 Å². The zero-order valence-electron chi connectivity index (χ0n) is 41.4. The van der Waals surface area contributed by atoms with Crippen molar-refractivity contribution in [2.75, 3.05) is 6.61 Å². The van der Waals surface area contributed by atoms with Crippen LogP contribution in [0.25, 0.3) is 0 Å². The summed E-state index contributed by atoms with van der Waals surface area (Å²) >= 11 is 0. The fraction of sp³-hybridized carbons (Fsp3) is 0.754. The van der Waals surface area contributed by atoms with Gasteiger partial charge in [0.25, 0.3) is 0 Å². The summed E-state index contributed by atoms with van der Waals surface area (Å²) in [5.74, 6) is -0.583. The Morgan fingerprint density at radius 3 is 1.33 bits per heavy atom. The van der Waals surface area contributed by atoms with E-state index < -0.39 is 18.2 Å². The van der Waals surface area contributed by atoms with Crippen LogP contribution < -0.4 is 5.32 Å². The molecule has 0 aromatic heterocycles. The lowest BCUT2D eigenvalue weighted by atomic mass is 10.0. The summed E-state index contributed by atoms with van der Waals surface area (Å²) in [7, 11) is 0. The third kappa shape index (κ3) is 45.7. The van der Waals surface area contributed by atoms with Crippen LogP contribution in [-0.2, 0) is 14.3 Å². The van der Waals surface area contributed by atoms with Gasteiger partial charge in [-0.1, -0.05) is 235 Å². The zero-order valence-corrected chi connectivity index (χ0v) is 41.4. The maximum atomic E-state index is 13.2. The van der Waals surface area contributed by atoms with E-state index in [4.69, 9.17) is 4.74 Å². The van der Waals surface area contributed by atoms with Gasteiger partial charge in [-0.2, -0.15) is 0 Å². The lowest BCUT2D eigenvalue weighted by molar-refractivity contribution is -0.150. The number of hydrogen-bond acceptors (Lipinski definition) is 5. The molecule has 0 rings (SSSR count). The van der Waals surface area contributed by atoms with Crippen LogP contribution in [0.5, 0.6) is 0 Å². The van der Waals surface area contributed by atoms with Crippen LogP contribution in [0.3, 0.4) is 0 Å². The minimum absolute atomic E-state index is 0.00386. The summed E-state index contributed by atoms with van der Waals surface area (Å²) in [5, 5.41) is 23.7. The maximum Gasteiger partial charge on any atom is 0.306 e. The van der Waals surface area contributed by atoms with Crippen molar-refractivity contribution in [1.82, 2.24) is 5.32 Å². The van der Waals surface area contributed by atoms with Crippen LogP contribution in [-0.4, -0.2) is 46.9 Å². The van der Waals surface area contributed by atoms with Crippen LogP contribution in [0.15, 0.2) is 72.9 Å². The number of unbranched alkanes of at least 4 members (excludes halogenated alkanes) is 24. The Morgan fingerprint density at radius 2 is 0.889 bits per heavy atom. The molecular formula is C57H101NO5. The second-order valence-corrected chi connectivity index (χ2v) is 17.9. The first-order valence-corrected chi connectivity index (χ1v) is 26.7. The number of rotatable bonds is 47. The molecule has 3 N–H and O–H groups in total. The van der Waals surface area contributed by atoms with E-state index in [1.54, 1.807) is 0 Å². The summed E-state index contributed by atoms with van der Waals surface area (Å²) < 4.78 is 5.87. The average Bonchev–Trinajstić information content (AvgIpc) is 3.28. The quantitative estimate of drug-likeness (QED) is 0.0321. The van der Waals surface area contributed by atoms with Crippen molar-refractivity contribution in [3.05, 3.63) is 72.9 Å². The highest BCUT2D eigenvalue weighted by Gasteiger charge is 2.23. The number of ether oxygens (including phenoxy) is 1. The molecule has 0 saturated carbocycles. The first-order valence-electron chi connectivity index (χ1n) is 26.7. The summed E-state index contributed by atoms with van der Waals surface area (Å²) in [6, 6.07) is -0.735. The van der Waals surface area contributed by atoms with Gasteiger partial charge in [0.1, 0.15) is 6.10 Å². The number of allylic oxidation sites excluding steroid dienone is 11. The number of carbonyl (C=O) groups excluding carboxylic acids is 2. The molecule has 0 aromatic rings. The average molecular weight is 880 g/mol. The lowest BCUT2D eigenvalue weighted by Gasteiger charge is -2.24. The summed E-state index contributed by atoms with van der Waals surface area (Å²) in [4.78, 5) is 26.1. The van der Waals surface area contributed by atoms with Crippen molar-refractivity contribution in [2.45, 2.75) is 270 Å². The predicted octanol–water partition coefficient (Wildman–Crippen LogP) is 16.2. The Morgan fingerprint density at radius 1 is 0.492 bits per heavy atom. The molecule has 0 aliphatic carbocycles. The number of amides is 1. The molecule has 1 amide bonds. The van der Waals surface area contributed by atoms with Crippen LogP contribution in [0.2, 0.25) is 0 Å². The molecule has 0 aliphatic rings. The molecule has 0 fully saturated rings. The Labute approximate surface area is 390 Å². The molecule has 0 bridgehead atoms. The molecule has 63 heavy (non-hydrogen) atoms. The number of nitrogens with one attached hydrogen (secondary N) is 1. The normalized spacial score (nSPS) is 13.8. The molecular weight excluding hydrogens is 779 g/mol. The van der Waals surface area contributed by atoms with Gasteiger partial charge in [-0.3, -0.25) is 9.59 Å². The highest BCUT2D eigenvalue weighted by molar-refractivity contribution is 5.77. The second kappa shape index (κ2) is 50.3. The van der Waals surface area contributed by atoms with Crippen LogP contribution >= 0.6 is 0 Å². The highest BCUT2D eigenvalue weighted by Crippen LogP contribution is 2.16. The Bertz CT molecular complexity index is 1170. The molecule has 0 aromatic carbocycles. The van der Waals surface area contributed by atoms with Crippen LogP contribution in [0.4, 0.5) is 0 Å². The number of aliphatic hydroxyl groups is 2. The van der Waals surface area contributed by atoms with E-state index in [1.165, 1.54) is 135 Å². The summed E-state index contributed by atoms with van der Waals surface area (Å²) in [6.07, 6.45) is 64.1. The van der Waals surface area contributed by atoms with Gasteiger partial charge in [0.15, 0.2) is 0 Å².